The van der Waals surface area contributed by atoms with Crippen LogP contribution in [0.2, 0.25) is 0 Å². The van der Waals surface area contributed by atoms with Gasteiger partial charge in [-0.15, -0.1) is 11.3 Å². The third-order valence-electron chi connectivity index (χ3n) is 3.63. The highest BCUT2D eigenvalue weighted by atomic mass is 32.1. The van der Waals surface area contributed by atoms with Crippen LogP contribution in [0, 0.1) is 6.92 Å². The number of methoxy groups -OCH3 is 1. The van der Waals surface area contributed by atoms with Gasteiger partial charge in [0.2, 0.25) is 5.88 Å². The van der Waals surface area contributed by atoms with Crippen molar-refractivity contribution in [2.24, 2.45) is 0 Å². The van der Waals surface area contributed by atoms with E-state index in [9.17, 15) is 0 Å². The van der Waals surface area contributed by atoms with Crippen LogP contribution in [-0.4, -0.2) is 41.7 Å². The molecule has 5 nitrogen and oxygen atoms in total. The second-order valence-corrected chi connectivity index (χ2v) is 6.09. The van der Waals surface area contributed by atoms with Crippen LogP contribution in [0.4, 0.5) is 0 Å². The first-order valence-corrected chi connectivity index (χ1v) is 7.87. The van der Waals surface area contributed by atoms with Gasteiger partial charge in [0.15, 0.2) is 0 Å². The fraction of sp³-hybridized carbons (Fsp3) is 0.467. The van der Waals surface area contributed by atoms with Crippen molar-refractivity contribution in [3.63, 3.8) is 0 Å². The Morgan fingerprint density at radius 3 is 3.19 bits per heavy atom. The first-order valence-electron chi connectivity index (χ1n) is 6.99. The van der Waals surface area contributed by atoms with Crippen molar-refractivity contribution in [2.45, 2.75) is 19.5 Å². The number of ether oxygens (including phenoxy) is 2. The number of aromatic nitrogens is 2. The van der Waals surface area contributed by atoms with Crippen molar-refractivity contribution < 1.29 is 9.47 Å². The summed E-state index contributed by atoms with van der Waals surface area (Å²) in [5, 5.41) is 3.22. The number of hydrogen-bond acceptors (Lipinski definition) is 6. The Bertz CT molecular complexity index is 602. The van der Waals surface area contributed by atoms with Gasteiger partial charge in [0, 0.05) is 30.2 Å². The zero-order chi connectivity index (χ0) is 14.7. The van der Waals surface area contributed by atoms with Gasteiger partial charge in [-0.3, -0.25) is 4.90 Å². The Kier molecular flexibility index (Phi) is 4.48. The van der Waals surface area contributed by atoms with E-state index in [0.717, 1.165) is 36.0 Å². The summed E-state index contributed by atoms with van der Waals surface area (Å²) in [5.74, 6) is 0.692. The fourth-order valence-corrected chi connectivity index (χ4v) is 3.24. The molecule has 3 heterocycles. The van der Waals surface area contributed by atoms with Gasteiger partial charge in [-0.05, 0) is 13.0 Å². The Hall–Kier alpha value is -1.50. The molecule has 0 spiro atoms. The summed E-state index contributed by atoms with van der Waals surface area (Å²) < 4.78 is 11.0. The molecule has 0 radical (unpaired) electrons. The van der Waals surface area contributed by atoms with Crippen molar-refractivity contribution >= 4 is 11.3 Å². The minimum absolute atomic E-state index is 0.202. The van der Waals surface area contributed by atoms with Gasteiger partial charge < -0.3 is 9.47 Å². The summed E-state index contributed by atoms with van der Waals surface area (Å²) in [6.07, 6.45) is 1.75. The van der Waals surface area contributed by atoms with Gasteiger partial charge in [-0.25, -0.2) is 9.97 Å². The zero-order valence-corrected chi connectivity index (χ0v) is 13.1. The van der Waals surface area contributed by atoms with E-state index in [1.165, 1.54) is 0 Å². The van der Waals surface area contributed by atoms with Gasteiger partial charge in [-0.1, -0.05) is 6.07 Å². The molecule has 6 heteroatoms. The van der Waals surface area contributed by atoms with Crippen LogP contribution >= 0.6 is 11.3 Å². The lowest BCUT2D eigenvalue weighted by atomic mass is 10.1. The standard InChI is InChI=1S/C15H19N3O2S/c1-11-17-13(10-21-11)14-9-20-7-6-18(14)8-12-4-3-5-16-15(12)19-2/h3-5,10,14H,6-9H2,1-2H3. The van der Waals surface area contributed by atoms with Crippen LogP contribution in [0.1, 0.15) is 22.3 Å². The highest BCUT2D eigenvalue weighted by Gasteiger charge is 2.27. The zero-order valence-electron chi connectivity index (χ0n) is 12.3. The topological polar surface area (TPSA) is 47.5 Å². The van der Waals surface area contributed by atoms with Gasteiger partial charge >= 0.3 is 0 Å². The first kappa shape index (κ1) is 14.4. The van der Waals surface area contributed by atoms with Crippen molar-refractivity contribution in [2.75, 3.05) is 26.9 Å². The second kappa shape index (κ2) is 6.51. The molecule has 0 aliphatic carbocycles. The summed E-state index contributed by atoms with van der Waals surface area (Å²) in [4.78, 5) is 11.3. The molecule has 1 unspecified atom stereocenters. The molecule has 0 aromatic carbocycles. The van der Waals surface area contributed by atoms with E-state index in [1.54, 1.807) is 24.6 Å². The maximum Gasteiger partial charge on any atom is 0.217 e. The van der Waals surface area contributed by atoms with Crippen LogP contribution in [0.25, 0.3) is 0 Å². The van der Waals surface area contributed by atoms with Crippen molar-refractivity contribution in [3.8, 4) is 5.88 Å². The Morgan fingerprint density at radius 2 is 2.43 bits per heavy atom. The predicted octanol–water partition coefficient (Wildman–Crippen LogP) is 2.43. The van der Waals surface area contributed by atoms with E-state index in [2.05, 4.69) is 26.3 Å². The molecule has 1 saturated heterocycles. The Labute approximate surface area is 128 Å². The molecule has 1 atom stereocenters. The quantitative estimate of drug-likeness (QED) is 0.868. The highest BCUT2D eigenvalue weighted by Crippen LogP contribution is 2.28. The molecular weight excluding hydrogens is 286 g/mol. The molecule has 112 valence electrons. The van der Waals surface area contributed by atoms with Gasteiger partial charge in [0.1, 0.15) is 0 Å². The molecule has 2 aromatic heterocycles. The summed E-state index contributed by atoms with van der Waals surface area (Å²) in [5.41, 5.74) is 2.19. The average Bonchev–Trinajstić information content (AvgIpc) is 2.95. The number of thiazole rings is 1. The maximum atomic E-state index is 5.65. The number of pyridine rings is 1. The van der Waals surface area contributed by atoms with Crippen molar-refractivity contribution in [3.05, 3.63) is 40.0 Å². The molecule has 21 heavy (non-hydrogen) atoms. The summed E-state index contributed by atoms with van der Waals surface area (Å²) >= 11 is 1.68. The normalized spacial score (nSPS) is 19.6. The lowest BCUT2D eigenvalue weighted by molar-refractivity contribution is -0.0144. The van der Waals surface area contributed by atoms with E-state index < -0.39 is 0 Å². The summed E-state index contributed by atoms with van der Waals surface area (Å²) in [6, 6.07) is 4.21. The monoisotopic (exact) mass is 305 g/mol. The molecular formula is C15H19N3O2S. The molecule has 3 rings (SSSR count). The minimum atomic E-state index is 0.202. The van der Waals surface area contributed by atoms with Gasteiger partial charge in [0.25, 0.3) is 0 Å². The molecule has 1 fully saturated rings. The molecule has 2 aromatic rings. The minimum Gasteiger partial charge on any atom is -0.481 e. The van der Waals surface area contributed by atoms with E-state index >= 15 is 0 Å². The largest absolute Gasteiger partial charge is 0.481 e. The van der Waals surface area contributed by atoms with Crippen molar-refractivity contribution in [1.29, 1.82) is 0 Å². The number of rotatable bonds is 4. The second-order valence-electron chi connectivity index (χ2n) is 5.02. The fourth-order valence-electron chi connectivity index (χ4n) is 2.58. The summed E-state index contributed by atoms with van der Waals surface area (Å²) in [7, 11) is 1.66. The van der Waals surface area contributed by atoms with E-state index in [-0.39, 0.29) is 6.04 Å². The molecule has 0 bridgehead atoms. The van der Waals surface area contributed by atoms with Gasteiger partial charge in [-0.2, -0.15) is 0 Å². The SMILES string of the molecule is COc1ncccc1CN1CCOCC1c1csc(C)n1. The van der Waals surface area contributed by atoms with Crippen LogP contribution in [-0.2, 0) is 11.3 Å². The van der Waals surface area contributed by atoms with Crippen LogP contribution < -0.4 is 4.74 Å². The summed E-state index contributed by atoms with van der Waals surface area (Å²) in [6.45, 7) is 5.15. The molecule has 1 aliphatic heterocycles. The maximum absolute atomic E-state index is 5.65. The number of hydrogen-bond donors (Lipinski definition) is 0. The predicted molar refractivity (Wildman–Crippen MR) is 81.6 cm³/mol. The Balaban J connectivity index is 1.81. The van der Waals surface area contributed by atoms with E-state index in [0.29, 0.717) is 12.5 Å². The van der Waals surface area contributed by atoms with Crippen LogP contribution in [0.5, 0.6) is 5.88 Å². The van der Waals surface area contributed by atoms with E-state index in [1.807, 2.05) is 13.0 Å². The Morgan fingerprint density at radius 1 is 1.52 bits per heavy atom. The molecule has 1 aliphatic rings. The lowest BCUT2D eigenvalue weighted by Gasteiger charge is -2.34. The first-order chi connectivity index (χ1) is 10.3. The third-order valence-corrected chi connectivity index (χ3v) is 4.43. The van der Waals surface area contributed by atoms with E-state index in [4.69, 9.17) is 9.47 Å². The smallest absolute Gasteiger partial charge is 0.217 e. The van der Waals surface area contributed by atoms with Crippen LogP contribution in [0.3, 0.4) is 0 Å². The number of nitrogens with zero attached hydrogens (tertiary/aromatic N) is 3. The number of aryl methyl sites for hydroxylation is 1. The highest BCUT2D eigenvalue weighted by molar-refractivity contribution is 7.09. The van der Waals surface area contributed by atoms with Gasteiger partial charge in [0.05, 0.1) is 37.1 Å². The number of morpholine rings is 1. The molecule has 0 N–H and O–H groups in total. The molecule has 0 amide bonds. The van der Waals surface area contributed by atoms with Crippen molar-refractivity contribution in [1.82, 2.24) is 14.9 Å². The average molecular weight is 305 g/mol. The lowest BCUT2D eigenvalue weighted by Crippen LogP contribution is -2.39. The molecule has 0 saturated carbocycles. The third kappa shape index (κ3) is 3.23. The van der Waals surface area contributed by atoms with Crippen LogP contribution in [0.15, 0.2) is 23.7 Å².